The van der Waals surface area contributed by atoms with Crippen LogP contribution in [0.5, 0.6) is 0 Å². The average molecular weight is 485 g/mol. The van der Waals surface area contributed by atoms with Gasteiger partial charge >= 0.3 is 5.97 Å². The van der Waals surface area contributed by atoms with Crippen LogP contribution in [0.2, 0.25) is 5.02 Å². The molecule has 0 bridgehead atoms. The third-order valence-corrected chi connectivity index (χ3v) is 6.72. The second-order valence-corrected chi connectivity index (χ2v) is 9.07. The van der Waals surface area contributed by atoms with Gasteiger partial charge in [0.25, 0.3) is 0 Å². The molecule has 1 amide bonds. The predicted molar refractivity (Wildman–Crippen MR) is 132 cm³/mol. The van der Waals surface area contributed by atoms with Crippen molar-refractivity contribution in [3.8, 4) is 10.4 Å². The molecule has 3 aromatic rings. The highest BCUT2D eigenvalue weighted by molar-refractivity contribution is 7.18. The summed E-state index contributed by atoms with van der Waals surface area (Å²) in [7, 11) is 0. The Kier molecular flexibility index (Phi) is 7.59. The lowest BCUT2D eigenvalue weighted by Gasteiger charge is -2.34. The minimum atomic E-state index is -0.443. The number of amides is 1. The summed E-state index contributed by atoms with van der Waals surface area (Å²) in [5, 5.41) is 3.56. The van der Waals surface area contributed by atoms with Crippen LogP contribution in [0.3, 0.4) is 0 Å². The Morgan fingerprint density at radius 3 is 2.55 bits per heavy atom. The molecule has 1 aromatic carbocycles. The molecule has 4 rings (SSSR count). The number of halogens is 1. The van der Waals surface area contributed by atoms with Gasteiger partial charge in [0.2, 0.25) is 5.91 Å². The van der Waals surface area contributed by atoms with Crippen LogP contribution >= 0.6 is 22.9 Å². The van der Waals surface area contributed by atoms with Crippen molar-refractivity contribution in [2.24, 2.45) is 0 Å². The summed E-state index contributed by atoms with van der Waals surface area (Å²) < 4.78 is 5.20. The second kappa shape index (κ2) is 10.8. The van der Waals surface area contributed by atoms with Gasteiger partial charge in [-0.25, -0.2) is 9.78 Å². The number of carbonyl (C=O) groups excluding carboxylic acids is 2. The number of esters is 1. The van der Waals surface area contributed by atoms with E-state index in [1.165, 1.54) is 11.3 Å². The first-order valence-corrected chi connectivity index (χ1v) is 12.0. The molecule has 0 unspecified atom stereocenters. The lowest BCUT2D eigenvalue weighted by atomic mass is 10.2. The molecule has 0 radical (unpaired) electrons. The summed E-state index contributed by atoms with van der Waals surface area (Å²) >= 11 is 7.29. The molecule has 0 aliphatic carbocycles. The normalized spacial score (nSPS) is 14.2. The van der Waals surface area contributed by atoms with Crippen molar-refractivity contribution in [2.45, 2.75) is 6.92 Å². The molecule has 7 nitrogen and oxygen atoms in total. The van der Waals surface area contributed by atoms with E-state index in [-0.39, 0.29) is 19.1 Å². The van der Waals surface area contributed by atoms with Crippen molar-refractivity contribution in [3.05, 3.63) is 64.6 Å². The van der Waals surface area contributed by atoms with Gasteiger partial charge in [-0.2, -0.15) is 0 Å². The van der Waals surface area contributed by atoms with Crippen LogP contribution < -0.4 is 10.2 Å². The standard InChI is InChI=1S/C24H25ClN4O3S/c1-2-32-24(31)23-19(15-20(33-23)17-6-8-18(25)9-7-17)27-22(30)16-28-11-13-29(14-12-28)21-5-3-4-10-26-21/h3-10,15H,2,11-14,16H2,1H3,(H,27,30). The third-order valence-electron chi connectivity index (χ3n) is 5.31. The van der Waals surface area contributed by atoms with E-state index in [1.54, 1.807) is 25.3 Å². The molecule has 2 aromatic heterocycles. The number of hydrogen-bond acceptors (Lipinski definition) is 7. The summed E-state index contributed by atoms with van der Waals surface area (Å²) in [6.45, 7) is 5.40. The predicted octanol–water partition coefficient (Wildman–Crippen LogP) is 4.40. The quantitative estimate of drug-likeness (QED) is 0.501. The van der Waals surface area contributed by atoms with E-state index in [0.29, 0.717) is 15.6 Å². The van der Waals surface area contributed by atoms with E-state index in [2.05, 4.69) is 20.1 Å². The summed E-state index contributed by atoms with van der Waals surface area (Å²) in [6, 6.07) is 15.0. The molecule has 1 saturated heterocycles. The van der Waals surface area contributed by atoms with Crippen LogP contribution in [0, 0.1) is 0 Å². The zero-order valence-electron chi connectivity index (χ0n) is 18.3. The summed E-state index contributed by atoms with van der Waals surface area (Å²) in [6.07, 6.45) is 1.79. The maximum absolute atomic E-state index is 12.8. The minimum Gasteiger partial charge on any atom is -0.462 e. The van der Waals surface area contributed by atoms with Crippen LogP contribution in [-0.2, 0) is 9.53 Å². The van der Waals surface area contributed by atoms with Gasteiger partial charge in [-0.1, -0.05) is 29.8 Å². The highest BCUT2D eigenvalue weighted by Gasteiger charge is 2.23. The Labute approximate surface area is 201 Å². The van der Waals surface area contributed by atoms with E-state index >= 15 is 0 Å². The number of nitrogens with one attached hydrogen (secondary N) is 1. The fourth-order valence-electron chi connectivity index (χ4n) is 3.66. The van der Waals surface area contributed by atoms with Gasteiger partial charge in [-0.3, -0.25) is 9.69 Å². The molecule has 1 aliphatic rings. The molecule has 172 valence electrons. The van der Waals surface area contributed by atoms with E-state index < -0.39 is 5.97 Å². The number of carbonyl (C=O) groups is 2. The molecule has 1 aliphatic heterocycles. The molecular formula is C24H25ClN4O3S. The van der Waals surface area contributed by atoms with Crippen molar-refractivity contribution in [2.75, 3.05) is 49.5 Å². The Hall–Kier alpha value is -2.94. The molecule has 3 heterocycles. The van der Waals surface area contributed by atoms with E-state index in [4.69, 9.17) is 16.3 Å². The largest absolute Gasteiger partial charge is 0.462 e. The number of piperazine rings is 1. The highest BCUT2D eigenvalue weighted by atomic mass is 35.5. The number of nitrogens with zero attached hydrogens (tertiary/aromatic N) is 3. The molecule has 9 heteroatoms. The monoisotopic (exact) mass is 484 g/mol. The van der Waals surface area contributed by atoms with Crippen molar-refractivity contribution in [1.29, 1.82) is 0 Å². The first-order valence-electron chi connectivity index (χ1n) is 10.8. The Morgan fingerprint density at radius 1 is 1.12 bits per heavy atom. The average Bonchev–Trinajstić information content (AvgIpc) is 3.24. The van der Waals surface area contributed by atoms with Crippen LogP contribution in [0.4, 0.5) is 11.5 Å². The van der Waals surface area contributed by atoms with Gasteiger partial charge < -0.3 is 15.0 Å². The van der Waals surface area contributed by atoms with Gasteiger partial charge in [-0.15, -0.1) is 11.3 Å². The molecule has 0 spiro atoms. The summed E-state index contributed by atoms with van der Waals surface area (Å²) in [4.78, 5) is 35.3. The highest BCUT2D eigenvalue weighted by Crippen LogP contribution is 2.36. The SMILES string of the molecule is CCOC(=O)c1sc(-c2ccc(Cl)cc2)cc1NC(=O)CN1CCN(c2ccccn2)CC1. The fourth-order valence-corrected chi connectivity index (χ4v) is 4.80. The van der Waals surface area contributed by atoms with E-state index in [9.17, 15) is 9.59 Å². The number of anilines is 2. The maximum atomic E-state index is 12.8. The van der Waals surface area contributed by atoms with Crippen molar-refractivity contribution in [3.63, 3.8) is 0 Å². The smallest absolute Gasteiger partial charge is 0.350 e. The van der Waals surface area contributed by atoms with Crippen LogP contribution in [0.1, 0.15) is 16.6 Å². The van der Waals surface area contributed by atoms with Crippen LogP contribution in [0.15, 0.2) is 54.7 Å². The molecule has 33 heavy (non-hydrogen) atoms. The van der Waals surface area contributed by atoms with Crippen LogP contribution in [0.25, 0.3) is 10.4 Å². The fraction of sp³-hybridized carbons (Fsp3) is 0.292. The van der Waals surface area contributed by atoms with Gasteiger partial charge in [0.1, 0.15) is 10.7 Å². The van der Waals surface area contributed by atoms with Crippen molar-refractivity contribution < 1.29 is 14.3 Å². The Balaban J connectivity index is 1.41. The van der Waals surface area contributed by atoms with Gasteiger partial charge in [0, 0.05) is 42.3 Å². The number of ether oxygens (including phenoxy) is 1. The van der Waals surface area contributed by atoms with Crippen molar-refractivity contribution >= 4 is 46.3 Å². The minimum absolute atomic E-state index is 0.160. The van der Waals surface area contributed by atoms with Gasteiger partial charge in [0.15, 0.2) is 0 Å². The summed E-state index contributed by atoms with van der Waals surface area (Å²) in [5.74, 6) is 0.350. The summed E-state index contributed by atoms with van der Waals surface area (Å²) in [5.41, 5.74) is 1.39. The zero-order chi connectivity index (χ0) is 23.2. The van der Waals surface area contributed by atoms with Gasteiger partial charge in [-0.05, 0) is 42.8 Å². The van der Waals surface area contributed by atoms with Crippen LogP contribution in [-0.4, -0.2) is 61.1 Å². The van der Waals surface area contributed by atoms with E-state index in [0.717, 1.165) is 42.4 Å². The molecular weight excluding hydrogens is 460 g/mol. The van der Waals surface area contributed by atoms with Gasteiger partial charge in [0.05, 0.1) is 18.8 Å². The second-order valence-electron chi connectivity index (χ2n) is 7.58. The first-order chi connectivity index (χ1) is 16.0. The lowest BCUT2D eigenvalue weighted by Crippen LogP contribution is -2.48. The topological polar surface area (TPSA) is 74.8 Å². The zero-order valence-corrected chi connectivity index (χ0v) is 19.9. The molecule has 1 N–H and O–H groups in total. The number of thiophene rings is 1. The lowest BCUT2D eigenvalue weighted by molar-refractivity contribution is -0.117. The number of rotatable bonds is 7. The number of aromatic nitrogens is 1. The molecule has 0 saturated carbocycles. The molecule has 0 atom stereocenters. The first kappa shape index (κ1) is 23.2. The maximum Gasteiger partial charge on any atom is 0.350 e. The molecule has 1 fully saturated rings. The van der Waals surface area contributed by atoms with E-state index in [1.807, 2.05) is 36.4 Å². The van der Waals surface area contributed by atoms with Crippen molar-refractivity contribution in [1.82, 2.24) is 9.88 Å². The Morgan fingerprint density at radius 2 is 1.88 bits per heavy atom. The number of benzene rings is 1. The number of hydrogen-bond donors (Lipinski definition) is 1. The number of pyridine rings is 1. The third kappa shape index (κ3) is 5.90. The Bertz CT molecular complexity index is 1100.